The number of amides is 1. The normalized spacial score (nSPS) is 16.0. The van der Waals surface area contributed by atoms with Gasteiger partial charge in [0, 0.05) is 13.1 Å². The van der Waals surface area contributed by atoms with Gasteiger partial charge in [0.05, 0.1) is 6.42 Å². The summed E-state index contributed by atoms with van der Waals surface area (Å²) >= 11 is 0. The highest BCUT2D eigenvalue weighted by Crippen LogP contribution is 2.05. The Balaban J connectivity index is 1.64. The molecule has 17 heavy (non-hydrogen) atoms. The maximum atomic E-state index is 11.6. The molecule has 1 fully saturated rings. The first-order valence-corrected chi connectivity index (χ1v) is 6.24. The molecule has 2 rings (SSSR count). The van der Waals surface area contributed by atoms with E-state index >= 15 is 0 Å². The Bertz CT molecular complexity index is 344. The maximum absolute atomic E-state index is 11.6. The van der Waals surface area contributed by atoms with Gasteiger partial charge in [-0.15, -0.1) is 0 Å². The van der Waals surface area contributed by atoms with Crippen LogP contribution in [0, 0.1) is 6.42 Å². The van der Waals surface area contributed by atoms with E-state index in [2.05, 4.69) is 10.2 Å². The molecule has 0 saturated carbocycles. The van der Waals surface area contributed by atoms with E-state index < -0.39 is 0 Å². The molecule has 0 unspecified atom stereocenters. The zero-order valence-electron chi connectivity index (χ0n) is 10.1. The second kappa shape index (κ2) is 6.40. The van der Waals surface area contributed by atoms with Crippen LogP contribution in [0.15, 0.2) is 30.3 Å². The van der Waals surface area contributed by atoms with Gasteiger partial charge in [0.1, 0.15) is 0 Å². The van der Waals surface area contributed by atoms with Crippen molar-refractivity contribution in [3.63, 3.8) is 0 Å². The number of likely N-dealkylation sites (tertiary alicyclic amines) is 1. The van der Waals surface area contributed by atoms with Crippen molar-refractivity contribution in [3.05, 3.63) is 42.3 Å². The number of nitrogens with one attached hydrogen (secondary N) is 1. The Kier molecular flexibility index (Phi) is 4.56. The molecule has 1 heterocycles. The largest absolute Gasteiger partial charge is 0.354 e. The first kappa shape index (κ1) is 12.1. The SMILES string of the molecule is O=C([CH]c1ccccc1)NCCN1CCCC1. The van der Waals surface area contributed by atoms with Gasteiger partial charge in [0.15, 0.2) is 0 Å². The summed E-state index contributed by atoms with van der Waals surface area (Å²) in [6.07, 6.45) is 4.23. The average Bonchev–Trinajstić information content (AvgIpc) is 2.83. The predicted molar refractivity (Wildman–Crippen MR) is 68.5 cm³/mol. The Labute approximate surface area is 103 Å². The third-order valence-corrected chi connectivity index (χ3v) is 3.02. The summed E-state index contributed by atoms with van der Waals surface area (Å²) in [6, 6.07) is 9.68. The molecule has 0 spiro atoms. The zero-order chi connectivity index (χ0) is 11.9. The van der Waals surface area contributed by atoms with Crippen LogP contribution in [-0.4, -0.2) is 37.0 Å². The number of rotatable bonds is 5. The van der Waals surface area contributed by atoms with Crippen molar-refractivity contribution < 1.29 is 4.79 Å². The van der Waals surface area contributed by atoms with Crippen LogP contribution >= 0.6 is 0 Å². The fourth-order valence-corrected chi connectivity index (χ4v) is 2.10. The minimum atomic E-state index is -0.00426. The molecule has 1 aliphatic rings. The second-order valence-electron chi connectivity index (χ2n) is 4.39. The van der Waals surface area contributed by atoms with Crippen LogP contribution in [0.4, 0.5) is 0 Å². The first-order valence-electron chi connectivity index (χ1n) is 6.24. The number of carbonyl (C=O) groups excluding carboxylic acids is 1. The van der Waals surface area contributed by atoms with Gasteiger partial charge in [-0.2, -0.15) is 0 Å². The maximum Gasteiger partial charge on any atom is 0.228 e. The van der Waals surface area contributed by atoms with E-state index in [1.807, 2.05) is 30.3 Å². The monoisotopic (exact) mass is 231 g/mol. The molecule has 3 nitrogen and oxygen atoms in total. The summed E-state index contributed by atoms with van der Waals surface area (Å²) in [4.78, 5) is 14.0. The molecule has 0 aliphatic carbocycles. The smallest absolute Gasteiger partial charge is 0.228 e. The molecule has 0 bridgehead atoms. The molecule has 1 aromatic rings. The number of carbonyl (C=O) groups is 1. The standard InChI is InChI=1S/C14H19N2O/c17-14(12-13-6-2-1-3-7-13)15-8-11-16-9-4-5-10-16/h1-3,6-7,12H,4-5,8-11H2,(H,15,17). The summed E-state index contributed by atoms with van der Waals surface area (Å²) in [6.45, 7) is 4.06. The molecule has 3 heteroatoms. The number of hydrogen-bond acceptors (Lipinski definition) is 2. The van der Waals surface area contributed by atoms with Gasteiger partial charge in [-0.25, -0.2) is 0 Å². The first-order chi connectivity index (χ1) is 8.34. The topological polar surface area (TPSA) is 32.3 Å². The molecule has 1 saturated heterocycles. The molecule has 91 valence electrons. The molecule has 0 atom stereocenters. The van der Waals surface area contributed by atoms with Gasteiger partial charge in [0.25, 0.3) is 0 Å². The highest BCUT2D eigenvalue weighted by atomic mass is 16.1. The van der Waals surface area contributed by atoms with E-state index in [1.165, 1.54) is 25.9 Å². The summed E-state index contributed by atoms with van der Waals surface area (Å²) in [5.74, 6) is -0.00426. The van der Waals surface area contributed by atoms with Crippen molar-refractivity contribution in [2.24, 2.45) is 0 Å². The van der Waals surface area contributed by atoms with Crippen LogP contribution in [0.3, 0.4) is 0 Å². The Hall–Kier alpha value is -1.35. The van der Waals surface area contributed by atoms with Crippen LogP contribution in [0.5, 0.6) is 0 Å². The quantitative estimate of drug-likeness (QED) is 0.832. The van der Waals surface area contributed by atoms with E-state index in [-0.39, 0.29) is 5.91 Å². The third kappa shape index (κ3) is 4.19. The average molecular weight is 231 g/mol. The summed E-state index contributed by atoms with van der Waals surface area (Å²) < 4.78 is 0. The van der Waals surface area contributed by atoms with Crippen molar-refractivity contribution in [2.45, 2.75) is 12.8 Å². The van der Waals surface area contributed by atoms with Gasteiger partial charge >= 0.3 is 0 Å². The molecule has 1 aromatic carbocycles. The van der Waals surface area contributed by atoms with Crippen LogP contribution in [0.2, 0.25) is 0 Å². The van der Waals surface area contributed by atoms with Gasteiger partial charge in [-0.1, -0.05) is 30.3 Å². The predicted octanol–water partition coefficient (Wildman–Crippen LogP) is 1.45. The number of nitrogens with zero attached hydrogens (tertiary/aromatic N) is 1. The summed E-state index contributed by atoms with van der Waals surface area (Å²) in [5, 5.41) is 2.92. The molecular formula is C14H19N2O. The lowest BCUT2D eigenvalue weighted by molar-refractivity contribution is -0.117. The lowest BCUT2D eigenvalue weighted by Gasteiger charge is -2.14. The third-order valence-electron chi connectivity index (χ3n) is 3.02. The minimum Gasteiger partial charge on any atom is -0.354 e. The van der Waals surface area contributed by atoms with Crippen molar-refractivity contribution >= 4 is 5.91 Å². The van der Waals surface area contributed by atoms with E-state index in [0.29, 0.717) is 0 Å². The fraction of sp³-hybridized carbons (Fsp3) is 0.429. The summed E-state index contributed by atoms with van der Waals surface area (Å²) in [5.41, 5.74) is 0.950. The Morgan fingerprint density at radius 2 is 1.94 bits per heavy atom. The highest BCUT2D eigenvalue weighted by Gasteiger charge is 2.11. The molecule has 1 N–H and O–H groups in total. The van der Waals surface area contributed by atoms with Gasteiger partial charge in [-0.3, -0.25) is 4.79 Å². The Morgan fingerprint density at radius 3 is 2.65 bits per heavy atom. The van der Waals surface area contributed by atoms with E-state index in [0.717, 1.165) is 18.7 Å². The van der Waals surface area contributed by atoms with Crippen LogP contribution in [-0.2, 0) is 4.79 Å². The van der Waals surface area contributed by atoms with Gasteiger partial charge < -0.3 is 10.2 Å². The molecule has 1 aliphatic heterocycles. The van der Waals surface area contributed by atoms with E-state index in [1.54, 1.807) is 6.42 Å². The molecule has 1 amide bonds. The molecule has 1 radical (unpaired) electrons. The van der Waals surface area contributed by atoms with Crippen molar-refractivity contribution in [2.75, 3.05) is 26.2 Å². The highest BCUT2D eigenvalue weighted by molar-refractivity contribution is 5.88. The van der Waals surface area contributed by atoms with Crippen LogP contribution < -0.4 is 5.32 Å². The van der Waals surface area contributed by atoms with Crippen molar-refractivity contribution in [3.8, 4) is 0 Å². The molecule has 0 aromatic heterocycles. The van der Waals surface area contributed by atoms with Crippen molar-refractivity contribution in [1.29, 1.82) is 0 Å². The summed E-state index contributed by atoms with van der Waals surface area (Å²) in [7, 11) is 0. The second-order valence-corrected chi connectivity index (χ2v) is 4.39. The lowest BCUT2D eigenvalue weighted by atomic mass is 10.1. The minimum absolute atomic E-state index is 0.00426. The van der Waals surface area contributed by atoms with E-state index in [4.69, 9.17) is 0 Å². The number of benzene rings is 1. The van der Waals surface area contributed by atoms with Gasteiger partial charge in [0.2, 0.25) is 5.91 Å². The lowest BCUT2D eigenvalue weighted by Crippen LogP contribution is -2.33. The van der Waals surface area contributed by atoms with Crippen LogP contribution in [0.25, 0.3) is 0 Å². The molecular weight excluding hydrogens is 212 g/mol. The Morgan fingerprint density at radius 1 is 1.24 bits per heavy atom. The number of hydrogen-bond donors (Lipinski definition) is 1. The van der Waals surface area contributed by atoms with E-state index in [9.17, 15) is 4.79 Å². The zero-order valence-corrected chi connectivity index (χ0v) is 10.1. The fourth-order valence-electron chi connectivity index (χ4n) is 2.10. The van der Waals surface area contributed by atoms with Gasteiger partial charge in [-0.05, 0) is 31.5 Å². The van der Waals surface area contributed by atoms with Crippen molar-refractivity contribution in [1.82, 2.24) is 10.2 Å². The van der Waals surface area contributed by atoms with Crippen LogP contribution in [0.1, 0.15) is 18.4 Å².